The normalized spacial score (nSPS) is 15.2. The van der Waals surface area contributed by atoms with Gasteiger partial charge in [-0.1, -0.05) is 29.4 Å². The van der Waals surface area contributed by atoms with E-state index in [2.05, 4.69) is 0 Å². The number of benzene rings is 2. The molecule has 0 fully saturated rings. The summed E-state index contributed by atoms with van der Waals surface area (Å²) in [4.78, 5) is 13.3. The van der Waals surface area contributed by atoms with Gasteiger partial charge in [0.2, 0.25) is 0 Å². The largest absolute Gasteiger partial charge is 0.508 e. The number of hydrogen-bond acceptors (Lipinski definition) is 5. The molecule has 0 spiro atoms. The molecule has 1 heterocycles. The third-order valence-corrected chi connectivity index (χ3v) is 5.31. The molecule has 0 aliphatic carbocycles. The number of rotatable bonds is 5. The van der Waals surface area contributed by atoms with E-state index in [0.29, 0.717) is 40.8 Å². The smallest absolute Gasteiger partial charge is 0.177 e. The van der Waals surface area contributed by atoms with Crippen LogP contribution in [0.25, 0.3) is 0 Å². The average Bonchev–Trinajstić information content (AvgIpc) is 2.67. The molecule has 2 aromatic rings. The minimum Gasteiger partial charge on any atom is -0.508 e. The molecule has 0 unspecified atom stereocenters. The lowest BCUT2D eigenvalue weighted by atomic mass is 9.85. The summed E-state index contributed by atoms with van der Waals surface area (Å²) in [6.07, 6.45) is 4.71. The zero-order valence-electron chi connectivity index (χ0n) is 17.8. The van der Waals surface area contributed by atoms with Crippen molar-refractivity contribution in [3.8, 4) is 23.0 Å². The average molecular weight is 408 g/mol. The van der Waals surface area contributed by atoms with Gasteiger partial charge in [0.05, 0.1) is 11.5 Å². The molecule has 30 heavy (non-hydrogen) atoms. The topological polar surface area (TPSA) is 87.0 Å². The number of hydrogen-bond donors (Lipinski definition) is 3. The Morgan fingerprint density at radius 1 is 0.933 bits per heavy atom. The first kappa shape index (κ1) is 21.5. The number of fused-ring (bicyclic) bond motifs is 1. The number of aromatic hydroxyl groups is 3. The molecule has 0 bridgehead atoms. The van der Waals surface area contributed by atoms with Crippen LogP contribution in [0.4, 0.5) is 0 Å². The summed E-state index contributed by atoms with van der Waals surface area (Å²) in [5.41, 5.74) is 3.96. The van der Waals surface area contributed by atoms with Gasteiger partial charge in [-0.05, 0) is 58.7 Å². The maximum atomic E-state index is 13.3. The van der Waals surface area contributed by atoms with Gasteiger partial charge in [-0.3, -0.25) is 4.79 Å². The van der Waals surface area contributed by atoms with Crippen molar-refractivity contribution in [2.75, 3.05) is 6.61 Å². The molecular weight excluding hydrogens is 380 g/mol. The summed E-state index contributed by atoms with van der Waals surface area (Å²) >= 11 is 0. The van der Waals surface area contributed by atoms with Crippen LogP contribution in [0, 0.1) is 0 Å². The number of phenols is 3. The van der Waals surface area contributed by atoms with Gasteiger partial charge in [0.25, 0.3) is 0 Å². The van der Waals surface area contributed by atoms with Crippen molar-refractivity contribution in [2.24, 2.45) is 0 Å². The van der Waals surface area contributed by atoms with Gasteiger partial charge >= 0.3 is 0 Å². The minimum atomic E-state index is -0.690. The van der Waals surface area contributed by atoms with Crippen molar-refractivity contribution >= 4 is 5.78 Å². The molecule has 0 aromatic heterocycles. The number of ketones is 1. The second-order valence-electron chi connectivity index (χ2n) is 8.14. The molecule has 3 N–H and O–H groups in total. The van der Waals surface area contributed by atoms with Crippen LogP contribution in [0.15, 0.2) is 47.6 Å². The lowest BCUT2D eigenvalue weighted by Crippen LogP contribution is -2.27. The van der Waals surface area contributed by atoms with Gasteiger partial charge in [-0.2, -0.15) is 0 Å². The third kappa shape index (κ3) is 4.20. The van der Waals surface area contributed by atoms with Crippen LogP contribution in [0.5, 0.6) is 23.0 Å². The van der Waals surface area contributed by atoms with Crippen LogP contribution in [-0.2, 0) is 12.8 Å². The number of carbonyl (C=O) groups excluding carboxylic acids is 1. The Hall–Kier alpha value is -3.21. The molecule has 1 aliphatic rings. The molecule has 5 nitrogen and oxygen atoms in total. The zero-order chi connectivity index (χ0) is 22.0. The predicted octanol–water partition coefficient (Wildman–Crippen LogP) is 5.18. The Morgan fingerprint density at radius 2 is 1.50 bits per heavy atom. The van der Waals surface area contributed by atoms with E-state index >= 15 is 0 Å². The molecule has 1 aliphatic heterocycles. The van der Waals surface area contributed by atoms with E-state index < -0.39 is 5.92 Å². The first-order chi connectivity index (χ1) is 14.2. The van der Waals surface area contributed by atoms with Crippen LogP contribution in [0.1, 0.15) is 60.7 Å². The number of phenolic OH excluding ortho intramolecular Hbond substituents is 3. The first-order valence-corrected chi connectivity index (χ1v) is 10.0. The fraction of sp³-hybridized carbons (Fsp3) is 0.320. The van der Waals surface area contributed by atoms with Crippen molar-refractivity contribution in [1.82, 2.24) is 0 Å². The predicted molar refractivity (Wildman–Crippen MR) is 117 cm³/mol. The summed E-state index contributed by atoms with van der Waals surface area (Å²) in [6, 6.07) is 6.14. The zero-order valence-corrected chi connectivity index (χ0v) is 17.8. The lowest BCUT2D eigenvalue weighted by Gasteiger charge is -2.27. The lowest BCUT2D eigenvalue weighted by molar-refractivity contribution is 0.0892. The van der Waals surface area contributed by atoms with E-state index in [9.17, 15) is 20.1 Å². The Labute approximate surface area is 177 Å². The van der Waals surface area contributed by atoms with Gasteiger partial charge < -0.3 is 20.1 Å². The van der Waals surface area contributed by atoms with Crippen molar-refractivity contribution in [1.29, 1.82) is 0 Å². The Morgan fingerprint density at radius 3 is 2.13 bits per heavy atom. The summed E-state index contributed by atoms with van der Waals surface area (Å²) in [5.74, 6) is -0.465. The van der Waals surface area contributed by atoms with Crippen LogP contribution < -0.4 is 4.74 Å². The molecule has 5 heteroatoms. The number of Topliss-reactive ketones (excluding diaryl/α,β-unsaturated/α-hetero) is 1. The first-order valence-electron chi connectivity index (χ1n) is 10.0. The molecule has 0 saturated heterocycles. The molecule has 0 radical (unpaired) electrons. The van der Waals surface area contributed by atoms with Crippen LogP contribution >= 0.6 is 0 Å². The minimum absolute atomic E-state index is 0.00717. The maximum Gasteiger partial charge on any atom is 0.177 e. The molecule has 0 amide bonds. The van der Waals surface area contributed by atoms with E-state index in [4.69, 9.17) is 4.74 Å². The van der Waals surface area contributed by atoms with E-state index in [-0.39, 0.29) is 29.6 Å². The van der Waals surface area contributed by atoms with Crippen LogP contribution in [0.2, 0.25) is 0 Å². The second kappa shape index (κ2) is 8.66. The second-order valence-corrected chi connectivity index (χ2v) is 8.14. The van der Waals surface area contributed by atoms with Crippen LogP contribution in [0.3, 0.4) is 0 Å². The number of carbonyl (C=O) groups is 1. The molecular formula is C25H28O5. The molecule has 158 valence electrons. The monoisotopic (exact) mass is 408 g/mol. The number of allylic oxidation sites excluding steroid dienone is 4. The van der Waals surface area contributed by atoms with Crippen molar-refractivity contribution in [3.05, 3.63) is 69.8 Å². The fourth-order valence-corrected chi connectivity index (χ4v) is 3.57. The van der Waals surface area contributed by atoms with Crippen molar-refractivity contribution in [2.45, 2.75) is 46.5 Å². The molecule has 0 saturated carbocycles. The van der Waals surface area contributed by atoms with Gasteiger partial charge in [0.1, 0.15) is 29.6 Å². The highest BCUT2D eigenvalue weighted by molar-refractivity contribution is 6.05. The van der Waals surface area contributed by atoms with E-state index in [0.717, 1.165) is 11.1 Å². The van der Waals surface area contributed by atoms with Crippen LogP contribution in [-0.4, -0.2) is 27.7 Å². The summed E-state index contributed by atoms with van der Waals surface area (Å²) < 4.78 is 5.93. The summed E-state index contributed by atoms with van der Waals surface area (Å²) in [6.45, 7) is 7.87. The molecule has 3 rings (SSSR count). The summed E-state index contributed by atoms with van der Waals surface area (Å²) in [7, 11) is 0. The quantitative estimate of drug-likeness (QED) is 0.594. The van der Waals surface area contributed by atoms with Crippen molar-refractivity contribution in [3.63, 3.8) is 0 Å². The van der Waals surface area contributed by atoms with E-state index in [1.807, 2.05) is 39.8 Å². The Balaban J connectivity index is 2.00. The van der Waals surface area contributed by atoms with Gasteiger partial charge in [-0.15, -0.1) is 0 Å². The van der Waals surface area contributed by atoms with E-state index in [1.54, 1.807) is 12.1 Å². The standard InChI is InChI=1S/C25H28O5/c1-14(2)5-7-17-21(26)11-9-16(23(17)28)20-13-30-25-18(8-6-15(3)4)22(27)12-10-19(25)24(20)29/h5-6,9-12,20,26-28H,7-8,13H2,1-4H3/t20-/m1/s1. The highest BCUT2D eigenvalue weighted by Gasteiger charge is 2.34. The van der Waals surface area contributed by atoms with E-state index in [1.165, 1.54) is 12.1 Å². The summed E-state index contributed by atoms with van der Waals surface area (Å²) in [5, 5.41) is 31.3. The van der Waals surface area contributed by atoms with Crippen molar-refractivity contribution < 1.29 is 24.9 Å². The van der Waals surface area contributed by atoms with Gasteiger partial charge in [0, 0.05) is 16.7 Å². The Bertz CT molecular complexity index is 1040. The fourth-order valence-electron chi connectivity index (χ4n) is 3.57. The molecule has 1 atom stereocenters. The Kier molecular flexibility index (Phi) is 6.20. The highest BCUT2D eigenvalue weighted by atomic mass is 16.5. The SMILES string of the molecule is CC(C)=CCc1c(O)ccc([C@H]2COc3c(ccc(O)c3CC=C(C)C)C2=O)c1O. The molecule has 2 aromatic carbocycles. The number of ether oxygens (including phenoxy) is 1. The van der Waals surface area contributed by atoms with Gasteiger partial charge in [0.15, 0.2) is 5.78 Å². The highest BCUT2D eigenvalue weighted by Crippen LogP contribution is 2.43. The maximum absolute atomic E-state index is 13.3. The van der Waals surface area contributed by atoms with Gasteiger partial charge in [-0.25, -0.2) is 0 Å². The third-order valence-electron chi connectivity index (χ3n) is 5.31.